The topological polar surface area (TPSA) is 110 Å². The lowest BCUT2D eigenvalue weighted by Crippen LogP contribution is -2.21. The zero-order chi connectivity index (χ0) is 16.8. The molecule has 1 rings (SSSR count). The van der Waals surface area contributed by atoms with Gasteiger partial charge in [0.1, 0.15) is 6.10 Å². The molecule has 0 saturated heterocycles. The van der Waals surface area contributed by atoms with Crippen LogP contribution < -0.4 is 0 Å². The Morgan fingerprint density at radius 2 is 1.73 bits per heavy atom. The summed E-state index contributed by atoms with van der Waals surface area (Å²) in [6.07, 6.45) is -2.80. The molecule has 122 valence electrons. The molecule has 0 saturated carbocycles. The van der Waals surface area contributed by atoms with Gasteiger partial charge in [0.25, 0.3) is 0 Å². The lowest BCUT2D eigenvalue weighted by Gasteiger charge is -2.15. The Morgan fingerprint density at radius 1 is 1.18 bits per heavy atom. The average molecular weight is 330 g/mol. The van der Waals surface area contributed by atoms with Crippen LogP contribution in [0.5, 0.6) is 0 Å². The van der Waals surface area contributed by atoms with Crippen LogP contribution in [0.3, 0.4) is 0 Å². The van der Waals surface area contributed by atoms with E-state index in [9.17, 15) is 19.3 Å². The Labute approximate surface area is 128 Å². The largest absolute Gasteiger partial charge is 0.458 e. The average Bonchev–Trinajstić information content (AvgIpc) is 2.36. The number of carbonyl (C=O) groups excluding carboxylic acids is 2. The van der Waals surface area contributed by atoms with Crippen molar-refractivity contribution >= 4 is 19.5 Å². The Balaban J connectivity index is 2.41. The summed E-state index contributed by atoms with van der Waals surface area (Å²) in [5.74, 6) is -1.73. The van der Waals surface area contributed by atoms with Crippen molar-refractivity contribution in [2.45, 2.75) is 32.0 Å². The summed E-state index contributed by atoms with van der Waals surface area (Å²) >= 11 is 0. The highest BCUT2D eigenvalue weighted by Gasteiger charge is 2.22. The fourth-order valence-electron chi connectivity index (χ4n) is 1.72. The van der Waals surface area contributed by atoms with Gasteiger partial charge in [-0.05, 0) is 12.5 Å². The lowest BCUT2D eigenvalue weighted by molar-refractivity contribution is -0.151. The molecule has 0 spiro atoms. The third-order valence-electron chi connectivity index (χ3n) is 2.65. The van der Waals surface area contributed by atoms with E-state index < -0.39 is 44.6 Å². The molecule has 0 heterocycles. The molecule has 0 fully saturated rings. The summed E-state index contributed by atoms with van der Waals surface area (Å²) in [6, 6.07) is 9.05. The van der Waals surface area contributed by atoms with E-state index in [1.54, 1.807) is 19.1 Å². The summed E-state index contributed by atoms with van der Waals surface area (Å²) in [4.78, 5) is 31.8. The fourth-order valence-corrected chi connectivity index (χ4v) is 2.17. The molecule has 0 aliphatic heterocycles. The number of hydrogen-bond donors (Lipinski definition) is 2. The molecular weight excluding hydrogens is 311 g/mol. The van der Waals surface area contributed by atoms with Crippen molar-refractivity contribution < 1.29 is 33.4 Å². The highest BCUT2D eigenvalue weighted by Crippen LogP contribution is 2.37. The van der Waals surface area contributed by atoms with E-state index in [0.29, 0.717) is 0 Å². The normalized spacial score (nSPS) is 16.2. The Bertz CT molecular complexity index is 552. The Kier molecular flexibility index (Phi) is 6.74. The fraction of sp³-hybridized carbons (Fsp3) is 0.429. The van der Waals surface area contributed by atoms with Crippen molar-refractivity contribution in [1.29, 1.82) is 0 Å². The molecule has 0 amide bonds. The number of carbonyl (C=O) groups is 2. The Morgan fingerprint density at radius 3 is 2.27 bits per heavy atom. The van der Waals surface area contributed by atoms with Crippen LogP contribution in [0.2, 0.25) is 0 Å². The number of hydrogen-bond acceptors (Lipinski definition) is 6. The standard InChI is InChI=1S/C14H19O7P/c1-10(11-6-4-3-5-7-11)20-13(16)8-12(15)9-14(17)21-22(2,18)19/h3-7,10,12,15H,8-9H2,1-2H3,(H,18,19)/t10-,12?/m1/s1. The van der Waals surface area contributed by atoms with E-state index >= 15 is 0 Å². The smallest absolute Gasteiger partial charge is 0.375 e. The summed E-state index contributed by atoms with van der Waals surface area (Å²) in [6.45, 7) is 2.54. The van der Waals surface area contributed by atoms with E-state index in [1.807, 2.05) is 18.2 Å². The maximum absolute atomic E-state index is 11.7. The van der Waals surface area contributed by atoms with E-state index in [2.05, 4.69) is 4.52 Å². The van der Waals surface area contributed by atoms with Crippen LogP contribution >= 0.6 is 7.60 Å². The second kappa shape index (κ2) is 8.08. The second-order valence-corrected chi connectivity index (χ2v) is 6.66. The van der Waals surface area contributed by atoms with Crippen molar-refractivity contribution in [2.75, 3.05) is 6.66 Å². The quantitative estimate of drug-likeness (QED) is 0.579. The number of rotatable bonds is 7. The monoisotopic (exact) mass is 330 g/mol. The molecular formula is C14H19O7P. The van der Waals surface area contributed by atoms with Crippen molar-refractivity contribution in [3.63, 3.8) is 0 Å². The Hall–Kier alpha value is -1.69. The van der Waals surface area contributed by atoms with E-state index in [4.69, 9.17) is 9.63 Å². The van der Waals surface area contributed by atoms with Gasteiger partial charge < -0.3 is 19.3 Å². The van der Waals surface area contributed by atoms with Crippen LogP contribution in [0.4, 0.5) is 0 Å². The molecule has 1 aromatic carbocycles. The first-order chi connectivity index (χ1) is 10.2. The number of benzene rings is 1. The highest BCUT2D eigenvalue weighted by atomic mass is 31.2. The van der Waals surface area contributed by atoms with E-state index in [-0.39, 0.29) is 0 Å². The molecule has 0 radical (unpaired) electrons. The summed E-state index contributed by atoms with van der Waals surface area (Å²) < 4.78 is 20.2. The molecule has 2 unspecified atom stereocenters. The first kappa shape index (κ1) is 18.4. The van der Waals surface area contributed by atoms with Crippen LogP contribution in [0.1, 0.15) is 31.4 Å². The van der Waals surface area contributed by atoms with Gasteiger partial charge in [-0.1, -0.05) is 30.3 Å². The van der Waals surface area contributed by atoms with Crippen LogP contribution in [0, 0.1) is 0 Å². The van der Waals surface area contributed by atoms with E-state index in [1.165, 1.54) is 0 Å². The number of aliphatic hydroxyl groups is 1. The summed E-state index contributed by atoms with van der Waals surface area (Å²) in [7, 11) is -3.95. The number of aliphatic hydroxyl groups excluding tert-OH is 1. The van der Waals surface area contributed by atoms with Gasteiger partial charge in [-0.25, -0.2) is 4.57 Å². The minimum Gasteiger partial charge on any atom is -0.458 e. The van der Waals surface area contributed by atoms with Gasteiger partial charge in [0.05, 0.1) is 18.9 Å². The highest BCUT2D eigenvalue weighted by molar-refractivity contribution is 7.52. The van der Waals surface area contributed by atoms with Gasteiger partial charge in [-0.15, -0.1) is 0 Å². The number of esters is 1. The SMILES string of the molecule is C[C@@H](OC(=O)CC(O)CC(=O)OP(C)(=O)O)c1ccccc1. The van der Waals surface area contributed by atoms with E-state index in [0.717, 1.165) is 12.2 Å². The second-order valence-electron chi connectivity index (χ2n) is 4.87. The molecule has 0 aliphatic carbocycles. The third kappa shape index (κ3) is 7.36. The van der Waals surface area contributed by atoms with Gasteiger partial charge >= 0.3 is 19.5 Å². The van der Waals surface area contributed by atoms with Crippen LogP contribution in [-0.2, 0) is 23.4 Å². The van der Waals surface area contributed by atoms with Crippen LogP contribution in [0.15, 0.2) is 30.3 Å². The molecule has 0 bridgehead atoms. The first-order valence-electron chi connectivity index (χ1n) is 6.62. The van der Waals surface area contributed by atoms with Crippen molar-refractivity contribution in [1.82, 2.24) is 0 Å². The molecule has 1 aromatic rings. The summed E-state index contributed by atoms with van der Waals surface area (Å²) in [5, 5.41) is 9.60. The first-order valence-corrected chi connectivity index (χ1v) is 8.65. The zero-order valence-corrected chi connectivity index (χ0v) is 13.2. The predicted octanol–water partition coefficient (Wildman–Crippen LogP) is 1.79. The van der Waals surface area contributed by atoms with Crippen molar-refractivity contribution in [3.05, 3.63) is 35.9 Å². The minimum absolute atomic E-state index is 0.411. The molecule has 0 aliphatic rings. The maximum atomic E-state index is 11.7. The maximum Gasteiger partial charge on any atom is 0.375 e. The van der Waals surface area contributed by atoms with Crippen LogP contribution in [-0.4, -0.2) is 34.7 Å². The minimum atomic E-state index is -3.95. The van der Waals surface area contributed by atoms with Gasteiger partial charge in [0.15, 0.2) is 0 Å². The van der Waals surface area contributed by atoms with Gasteiger partial charge in [-0.3, -0.25) is 9.59 Å². The third-order valence-corrected chi connectivity index (χ3v) is 3.20. The molecule has 2 N–H and O–H groups in total. The van der Waals surface area contributed by atoms with Crippen molar-refractivity contribution in [3.8, 4) is 0 Å². The predicted molar refractivity (Wildman–Crippen MR) is 78.0 cm³/mol. The molecule has 3 atom stereocenters. The van der Waals surface area contributed by atoms with Gasteiger partial charge in [0.2, 0.25) is 0 Å². The van der Waals surface area contributed by atoms with Gasteiger partial charge in [0, 0.05) is 6.66 Å². The van der Waals surface area contributed by atoms with Crippen LogP contribution in [0.25, 0.3) is 0 Å². The number of ether oxygens (including phenoxy) is 1. The van der Waals surface area contributed by atoms with Gasteiger partial charge in [-0.2, -0.15) is 0 Å². The molecule has 0 aromatic heterocycles. The molecule has 8 heteroatoms. The van der Waals surface area contributed by atoms with Crippen molar-refractivity contribution in [2.24, 2.45) is 0 Å². The zero-order valence-electron chi connectivity index (χ0n) is 12.3. The summed E-state index contributed by atoms with van der Waals surface area (Å²) in [5.41, 5.74) is 0.803. The lowest BCUT2D eigenvalue weighted by atomic mass is 10.1. The molecule has 7 nitrogen and oxygen atoms in total. The molecule has 22 heavy (non-hydrogen) atoms.